The summed E-state index contributed by atoms with van der Waals surface area (Å²) in [4.78, 5) is 2.52. The topological polar surface area (TPSA) is 47.7 Å². The lowest BCUT2D eigenvalue weighted by molar-refractivity contribution is 0.0597. The van der Waals surface area contributed by atoms with E-state index in [1.54, 1.807) is 7.11 Å². The number of nitrogens with two attached hydrogens (primary N) is 1. The van der Waals surface area contributed by atoms with Gasteiger partial charge in [0.1, 0.15) is 0 Å². The maximum Gasteiger partial charge on any atom is 0.0700 e. The minimum absolute atomic E-state index is 0.407. The van der Waals surface area contributed by atoms with Crippen LogP contribution in [-0.4, -0.2) is 57.0 Å². The molecule has 0 aromatic carbocycles. The van der Waals surface area contributed by atoms with E-state index >= 15 is 0 Å². The van der Waals surface area contributed by atoms with Gasteiger partial charge in [-0.2, -0.15) is 0 Å². The molecule has 0 radical (unpaired) electrons. The number of ether oxygens (including phenoxy) is 2. The average Bonchev–Trinajstić information content (AvgIpc) is 2.26. The zero-order chi connectivity index (χ0) is 11.8. The van der Waals surface area contributed by atoms with Gasteiger partial charge in [-0.25, -0.2) is 0 Å². The minimum Gasteiger partial charge on any atom is -0.382 e. The van der Waals surface area contributed by atoms with E-state index < -0.39 is 0 Å². The van der Waals surface area contributed by atoms with Crippen LogP contribution in [0.2, 0.25) is 0 Å². The Morgan fingerprint density at radius 2 is 2.12 bits per heavy atom. The maximum atomic E-state index is 5.93. The summed E-state index contributed by atoms with van der Waals surface area (Å²) >= 11 is 0. The summed E-state index contributed by atoms with van der Waals surface area (Å²) in [6, 6.07) is 1.03. The number of methoxy groups -OCH3 is 1. The monoisotopic (exact) mass is 230 g/mol. The van der Waals surface area contributed by atoms with Gasteiger partial charge in [-0.1, -0.05) is 0 Å². The van der Waals surface area contributed by atoms with Gasteiger partial charge in [-0.3, -0.25) is 0 Å². The maximum absolute atomic E-state index is 5.93. The first kappa shape index (κ1) is 13.9. The van der Waals surface area contributed by atoms with Crippen LogP contribution in [0.1, 0.15) is 26.2 Å². The Morgan fingerprint density at radius 1 is 1.31 bits per heavy atom. The molecule has 1 heterocycles. The van der Waals surface area contributed by atoms with Crippen molar-refractivity contribution in [1.82, 2.24) is 4.90 Å². The van der Waals surface area contributed by atoms with Crippen molar-refractivity contribution in [1.29, 1.82) is 0 Å². The van der Waals surface area contributed by atoms with Gasteiger partial charge in [0, 0.05) is 32.3 Å². The normalized spacial score (nSPS) is 27.2. The minimum atomic E-state index is 0.407. The van der Waals surface area contributed by atoms with Crippen molar-refractivity contribution >= 4 is 0 Å². The van der Waals surface area contributed by atoms with Crippen molar-refractivity contribution in [2.45, 2.75) is 38.3 Å². The van der Waals surface area contributed by atoms with Gasteiger partial charge >= 0.3 is 0 Å². The lowest BCUT2D eigenvalue weighted by Gasteiger charge is -2.36. The molecule has 4 nitrogen and oxygen atoms in total. The molecule has 16 heavy (non-hydrogen) atoms. The van der Waals surface area contributed by atoms with E-state index in [2.05, 4.69) is 11.8 Å². The quantitative estimate of drug-likeness (QED) is 0.659. The van der Waals surface area contributed by atoms with Gasteiger partial charge < -0.3 is 20.1 Å². The molecule has 0 saturated carbocycles. The molecular weight excluding hydrogens is 204 g/mol. The fourth-order valence-corrected chi connectivity index (χ4v) is 2.20. The highest BCUT2D eigenvalue weighted by molar-refractivity contribution is 4.80. The van der Waals surface area contributed by atoms with E-state index in [9.17, 15) is 0 Å². The standard InChI is InChI=1S/C12H26N2O2/c1-11-10-12(13)4-6-14(11)5-3-7-16-9-8-15-2/h11-12H,3-10,13H2,1-2H3. The molecule has 2 N–H and O–H groups in total. The zero-order valence-electron chi connectivity index (χ0n) is 10.7. The van der Waals surface area contributed by atoms with Crippen LogP contribution < -0.4 is 5.73 Å². The predicted octanol–water partition coefficient (Wildman–Crippen LogP) is 0.851. The Morgan fingerprint density at radius 3 is 2.81 bits per heavy atom. The van der Waals surface area contributed by atoms with Crippen molar-refractivity contribution in [2.75, 3.05) is 40.0 Å². The zero-order valence-corrected chi connectivity index (χ0v) is 10.7. The lowest BCUT2D eigenvalue weighted by Crippen LogP contribution is -2.45. The molecule has 0 amide bonds. The number of likely N-dealkylation sites (tertiary alicyclic amines) is 1. The summed E-state index contributed by atoms with van der Waals surface area (Å²) in [5.41, 5.74) is 5.93. The number of nitrogens with zero attached hydrogens (tertiary/aromatic N) is 1. The van der Waals surface area contributed by atoms with Gasteiger partial charge in [0.15, 0.2) is 0 Å². The highest BCUT2D eigenvalue weighted by Gasteiger charge is 2.22. The molecule has 1 aliphatic rings. The third-order valence-electron chi connectivity index (χ3n) is 3.22. The molecule has 0 spiro atoms. The summed E-state index contributed by atoms with van der Waals surface area (Å²) in [5, 5.41) is 0. The summed E-state index contributed by atoms with van der Waals surface area (Å²) in [6.45, 7) is 6.76. The Hall–Kier alpha value is -0.160. The van der Waals surface area contributed by atoms with E-state index in [1.807, 2.05) is 0 Å². The molecule has 0 aromatic rings. The molecule has 0 bridgehead atoms. The van der Waals surface area contributed by atoms with Crippen LogP contribution in [0.5, 0.6) is 0 Å². The summed E-state index contributed by atoms with van der Waals surface area (Å²) in [6.07, 6.45) is 3.36. The third kappa shape index (κ3) is 5.25. The van der Waals surface area contributed by atoms with Crippen molar-refractivity contribution in [3.63, 3.8) is 0 Å². The van der Waals surface area contributed by atoms with E-state index in [-0.39, 0.29) is 0 Å². The van der Waals surface area contributed by atoms with Gasteiger partial charge in [0.25, 0.3) is 0 Å². The van der Waals surface area contributed by atoms with Crippen molar-refractivity contribution in [2.24, 2.45) is 5.73 Å². The Kier molecular flexibility index (Phi) is 6.96. The smallest absolute Gasteiger partial charge is 0.0700 e. The van der Waals surface area contributed by atoms with E-state index in [4.69, 9.17) is 15.2 Å². The van der Waals surface area contributed by atoms with Gasteiger partial charge in [0.05, 0.1) is 13.2 Å². The predicted molar refractivity (Wildman–Crippen MR) is 65.6 cm³/mol. The van der Waals surface area contributed by atoms with Crippen LogP contribution >= 0.6 is 0 Å². The second-order valence-electron chi connectivity index (χ2n) is 4.63. The molecule has 4 heteroatoms. The van der Waals surface area contributed by atoms with Gasteiger partial charge in [0.2, 0.25) is 0 Å². The highest BCUT2D eigenvalue weighted by atomic mass is 16.5. The average molecular weight is 230 g/mol. The molecule has 0 aliphatic carbocycles. The van der Waals surface area contributed by atoms with E-state index in [0.29, 0.717) is 25.3 Å². The highest BCUT2D eigenvalue weighted by Crippen LogP contribution is 2.15. The number of rotatable bonds is 7. The van der Waals surface area contributed by atoms with Crippen LogP contribution in [0.25, 0.3) is 0 Å². The first-order valence-electron chi connectivity index (χ1n) is 6.30. The van der Waals surface area contributed by atoms with Crippen LogP contribution in [0, 0.1) is 0 Å². The van der Waals surface area contributed by atoms with Gasteiger partial charge in [-0.15, -0.1) is 0 Å². The van der Waals surface area contributed by atoms with Crippen LogP contribution in [0.4, 0.5) is 0 Å². The lowest BCUT2D eigenvalue weighted by atomic mass is 9.99. The van der Waals surface area contributed by atoms with E-state index in [0.717, 1.165) is 39.0 Å². The van der Waals surface area contributed by atoms with Crippen molar-refractivity contribution in [3.05, 3.63) is 0 Å². The molecule has 2 atom stereocenters. The second kappa shape index (κ2) is 8.01. The largest absolute Gasteiger partial charge is 0.382 e. The number of piperidine rings is 1. The first-order valence-corrected chi connectivity index (χ1v) is 6.30. The van der Waals surface area contributed by atoms with Crippen molar-refractivity contribution < 1.29 is 9.47 Å². The Bertz CT molecular complexity index is 178. The van der Waals surface area contributed by atoms with Crippen LogP contribution in [0.3, 0.4) is 0 Å². The number of hydrogen-bond acceptors (Lipinski definition) is 4. The molecule has 2 unspecified atom stereocenters. The molecule has 1 saturated heterocycles. The van der Waals surface area contributed by atoms with E-state index in [1.165, 1.54) is 0 Å². The van der Waals surface area contributed by atoms with Crippen LogP contribution in [0.15, 0.2) is 0 Å². The molecule has 96 valence electrons. The van der Waals surface area contributed by atoms with Crippen LogP contribution in [-0.2, 0) is 9.47 Å². The molecule has 1 fully saturated rings. The fourth-order valence-electron chi connectivity index (χ4n) is 2.20. The fraction of sp³-hybridized carbons (Fsp3) is 1.00. The first-order chi connectivity index (χ1) is 7.74. The number of hydrogen-bond donors (Lipinski definition) is 1. The Labute approximate surface area is 99.1 Å². The van der Waals surface area contributed by atoms with Crippen molar-refractivity contribution in [3.8, 4) is 0 Å². The molecule has 0 aromatic heterocycles. The third-order valence-corrected chi connectivity index (χ3v) is 3.22. The Balaban J connectivity index is 2.00. The summed E-state index contributed by atoms with van der Waals surface area (Å²) < 4.78 is 10.4. The second-order valence-corrected chi connectivity index (χ2v) is 4.63. The van der Waals surface area contributed by atoms with Gasteiger partial charge in [-0.05, 0) is 32.7 Å². The summed E-state index contributed by atoms with van der Waals surface area (Å²) in [5.74, 6) is 0. The SMILES string of the molecule is COCCOCCCN1CCC(N)CC1C. The molecule has 1 aliphatic heterocycles. The summed E-state index contributed by atoms with van der Waals surface area (Å²) in [7, 11) is 1.70. The molecular formula is C12H26N2O2. The molecule has 1 rings (SSSR count).